The molecule has 0 saturated carbocycles. The number of para-hydroxylation sites is 1. The zero-order valence-electron chi connectivity index (χ0n) is 7.97. The lowest BCUT2D eigenvalue weighted by molar-refractivity contribution is -0.137. The summed E-state index contributed by atoms with van der Waals surface area (Å²) in [6.07, 6.45) is -4.32. The first kappa shape index (κ1) is 10.9. The summed E-state index contributed by atoms with van der Waals surface area (Å²) in [7, 11) is 0. The quantitative estimate of drug-likeness (QED) is 0.698. The molecule has 0 saturated heterocycles. The minimum absolute atomic E-state index is 0.00926. The lowest BCUT2D eigenvalue weighted by atomic mass is 10.1. The van der Waals surface area contributed by atoms with E-state index in [0.717, 1.165) is 6.07 Å². The number of halogens is 3. The van der Waals surface area contributed by atoms with Gasteiger partial charge in [0.15, 0.2) is 0 Å². The molecule has 1 aromatic rings. The van der Waals surface area contributed by atoms with E-state index in [-0.39, 0.29) is 11.7 Å². The van der Waals surface area contributed by atoms with Gasteiger partial charge >= 0.3 is 6.18 Å². The van der Waals surface area contributed by atoms with Crippen LogP contribution in [0.4, 0.5) is 18.9 Å². The highest BCUT2D eigenvalue weighted by Gasteiger charge is 2.33. The second-order valence-corrected chi connectivity index (χ2v) is 3.24. The molecule has 0 aliphatic rings. The van der Waals surface area contributed by atoms with Crippen LogP contribution in [0.1, 0.15) is 19.4 Å². The SMILES string of the molecule is CC(C)[N]c1ccccc1C(F)(F)F. The Kier molecular flexibility index (Phi) is 3.03. The van der Waals surface area contributed by atoms with Crippen LogP contribution in [0.2, 0.25) is 0 Å². The molecule has 0 unspecified atom stereocenters. The van der Waals surface area contributed by atoms with Gasteiger partial charge in [-0.15, -0.1) is 0 Å². The molecule has 4 heteroatoms. The second kappa shape index (κ2) is 3.90. The van der Waals surface area contributed by atoms with Crippen LogP contribution in [-0.4, -0.2) is 6.04 Å². The Morgan fingerprint density at radius 2 is 1.71 bits per heavy atom. The Hall–Kier alpha value is -1.19. The van der Waals surface area contributed by atoms with Crippen molar-refractivity contribution in [3.63, 3.8) is 0 Å². The lowest BCUT2D eigenvalue weighted by Gasteiger charge is -2.13. The van der Waals surface area contributed by atoms with Gasteiger partial charge in [-0.2, -0.15) is 13.2 Å². The third kappa shape index (κ3) is 2.65. The minimum atomic E-state index is -4.32. The molecule has 0 amide bonds. The van der Waals surface area contributed by atoms with Crippen LogP contribution in [0.25, 0.3) is 0 Å². The molecule has 14 heavy (non-hydrogen) atoms. The first-order chi connectivity index (χ1) is 6.41. The van der Waals surface area contributed by atoms with Crippen LogP contribution in [-0.2, 0) is 6.18 Å². The van der Waals surface area contributed by atoms with Gasteiger partial charge in [0.25, 0.3) is 0 Å². The number of rotatable bonds is 2. The van der Waals surface area contributed by atoms with E-state index in [1.54, 1.807) is 19.9 Å². The summed E-state index contributed by atoms with van der Waals surface area (Å²) >= 11 is 0. The van der Waals surface area contributed by atoms with Crippen LogP contribution in [0.3, 0.4) is 0 Å². The van der Waals surface area contributed by atoms with Crippen molar-refractivity contribution in [2.45, 2.75) is 26.1 Å². The third-order valence-corrected chi connectivity index (χ3v) is 1.61. The van der Waals surface area contributed by atoms with Gasteiger partial charge in [0.05, 0.1) is 11.3 Å². The van der Waals surface area contributed by atoms with Crippen LogP contribution < -0.4 is 5.32 Å². The molecule has 0 bridgehead atoms. The average Bonchev–Trinajstić information content (AvgIpc) is 2.01. The van der Waals surface area contributed by atoms with E-state index in [0.29, 0.717) is 0 Å². The van der Waals surface area contributed by atoms with Crippen molar-refractivity contribution in [1.82, 2.24) is 5.32 Å². The normalized spacial score (nSPS) is 11.9. The standard InChI is InChI=1S/C10H11F3N/c1-7(2)14-9-6-4-3-5-8(9)10(11,12)13/h3-7H,1-2H3. The summed E-state index contributed by atoms with van der Waals surface area (Å²) in [6, 6.07) is 5.20. The van der Waals surface area contributed by atoms with Crippen molar-refractivity contribution >= 4 is 5.69 Å². The maximum Gasteiger partial charge on any atom is 0.418 e. The van der Waals surface area contributed by atoms with Gasteiger partial charge in [-0.3, -0.25) is 5.32 Å². The molecule has 0 heterocycles. The van der Waals surface area contributed by atoms with Gasteiger partial charge in [0.2, 0.25) is 0 Å². The molecule has 0 N–H and O–H groups in total. The molecule has 0 aliphatic carbocycles. The van der Waals surface area contributed by atoms with E-state index in [4.69, 9.17) is 0 Å². The van der Waals surface area contributed by atoms with E-state index in [2.05, 4.69) is 5.32 Å². The van der Waals surface area contributed by atoms with E-state index in [1.807, 2.05) is 0 Å². The summed E-state index contributed by atoms with van der Waals surface area (Å²) in [6.45, 7) is 3.49. The van der Waals surface area contributed by atoms with Crippen molar-refractivity contribution in [3.8, 4) is 0 Å². The van der Waals surface area contributed by atoms with Crippen LogP contribution >= 0.6 is 0 Å². The molecule has 0 atom stereocenters. The molecule has 0 aromatic heterocycles. The molecule has 0 aliphatic heterocycles. The Morgan fingerprint density at radius 3 is 2.21 bits per heavy atom. The van der Waals surface area contributed by atoms with Crippen LogP contribution in [0.15, 0.2) is 24.3 Å². The van der Waals surface area contributed by atoms with Crippen LogP contribution in [0.5, 0.6) is 0 Å². The smallest absolute Gasteiger partial charge is 0.282 e. The third-order valence-electron chi connectivity index (χ3n) is 1.61. The number of nitrogens with zero attached hydrogens (tertiary/aromatic N) is 1. The van der Waals surface area contributed by atoms with Gasteiger partial charge in [0.1, 0.15) is 0 Å². The van der Waals surface area contributed by atoms with Crippen molar-refractivity contribution in [2.75, 3.05) is 0 Å². The van der Waals surface area contributed by atoms with Gasteiger partial charge in [-0.25, -0.2) is 0 Å². The highest BCUT2D eigenvalue weighted by Crippen LogP contribution is 2.34. The van der Waals surface area contributed by atoms with E-state index < -0.39 is 11.7 Å². The summed E-state index contributed by atoms with van der Waals surface area (Å²) in [5.41, 5.74) is -0.663. The molecule has 0 fully saturated rings. The summed E-state index contributed by atoms with van der Waals surface area (Å²) in [5, 5.41) is 3.91. The molecule has 1 aromatic carbocycles. The average molecular weight is 202 g/mol. The maximum absolute atomic E-state index is 12.4. The van der Waals surface area contributed by atoms with Gasteiger partial charge < -0.3 is 0 Å². The lowest BCUT2D eigenvalue weighted by Crippen LogP contribution is -2.14. The van der Waals surface area contributed by atoms with E-state index in [1.165, 1.54) is 12.1 Å². The second-order valence-electron chi connectivity index (χ2n) is 3.24. The molecule has 0 spiro atoms. The Labute approximate surface area is 80.9 Å². The highest BCUT2D eigenvalue weighted by molar-refractivity contribution is 5.46. The minimum Gasteiger partial charge on any atom is -0.282 e. The van der Waals surface area contributed by atoms with Gasteiger partial charge in [-0.1, -0.05) is 12.1 Å². The van der Waals surface area contributed by atoms with Crippen molar-refractivity contribution in [3.05, 3.63) is 29.8 Å². The van der Waals surface area contributed by atoms with Gasteiger partial charge in [0, 0.05) is 6.04 Å². The first-order valence-electron chi connectivity index (χ1n) is 4.28. The molecule has 1 radical (unpaired) electrons. The maximum atomic E-state index is 12.4. The summed E-state index contributed by atoms with van der Waals surface area (Å²) < 4.78 is 37.3. The zero-order valence-corrected chi connectivity index (χ0v) is 7.97. The molecule has 77 valence electrons. The number of benzene rings is 1. The van der Waals surface area contributed by atoms with Gasteiger partial charge in [-0.05, 0) is 26.0 Å². The summed E-state index contributed by atoms with van der Waals surface area (Å²) in [5.74, 6) is 0. The highest BCUT2D eigenvalue weighted by atomic mass is 19.4. The zero-order chi connectivity index (χ0) is 10.8. The molecular weight excluding hydrogens is 191 g/mol. The fraction of sp³-hybridized carbons (Fsp3) is 0.400. The topological polar surface area (TPSA) is 14.1 Å². The Balaban J connectivity index is 3.04. The number of hydrogen-bond donors (Lipinski definition) is 0. The first-order valence-corrected chi connectivity index (χ1v) is 4.28. The monoisotopic (exact) mass is 202 g/mol. The van der Waals surface area contributed by atoms with Crippen molar-refractivity contribution in [1.29, 1.82) is 0 Å². The molecule has 1 rings (SSSR count). The van der Waals surface area contributed by atoms with Crippen molar-refractivity contribution in [2.24, 2.45) is 0 Å². The van der Waals surface area contributed by atoms with E-state index in [9.17, 15) is 13.2 Å². The van der Waals surface area contributed by atoms with Crippen LogP contribution in [0, 0.1) is 0 Å². The van der Waals surface area contributed by atoms with E-state index >= 15 is 0 Å². The largest absolute Gasteiger partial charge is 0.418 e. The Morgan fingerprint density at radius 1 is 1.14 bits per heavy atom. The Bertz CT molecular complexity index is 304. The summed E-state index contributed by atoms with van der Waals surface area (Å²) in [4.78, 5) is 0. The number of alkyl halides is 3. The fourth-order valence-corrected chi connectivity index (χ4v) is 1.10. The number of hydrogen-bond acceptors (Lipinski definition) is 0. The predicted molar refractivity (Wildman–Crippen MR) is 48.4 cm³/mol. The van der Waals surface area contributed by atoms with Crippen molar-refractivity contribution < 1.29 is 13.2 Å². The fourth-order valence-electron chi connectivity index (χ4n) is 1.10. The molecular formula is C10H11F3N. The molecule has 1 nitrogen and oxygen atoms in total. The predicted octanol–water partition coefficient (Wildman–Crippen LogP) is 3.35.